The number of unbranched alkanes of at least 4 members (excludes halogenated alkanes) is 1. The Labute approximate surface area is 88.1 Å². The summed E-state index contributed by atoms with van der Waals surface area (Å²) in [6.45, 7) is 12.4. The first-order chi connectivity index (χ1) is 5.92. The van der Waals surface area contributed by atoms with Crippen LogP contribution in [0, 0.1) is 0 Å². The van der Waals surface area contributed by atoms with E-state index in [0.29, 0.717) is 10.8 Å². The van der Waals surface area contributed by atoms with Gasteiger partial charge in [0.25, 0.3) is 0 Å². The smallest absolute Gasteiger partial charge is 0.00750 e. The van der Waals surface area contributed by atoms with Crippen molar-refractivity contribution in [3.05, 3.63) is 0 Å². The number of rotatable bonds is 6. The summed E-state index contributed by atoms with van der Waals surface area (Å²) in [5, 5.41) is 3.43. The van der Waals surface area contributed by atoms with Crippen molar-refractivity contribution < 1.29 is 0 Å². The van der Waals surface area contributed by atoms with Crippen molar-refractivity contribution in [2.75, 3.05) is 12.3 Å². The molecule has 0 bridgehead atoms. The predicted octanol–water partition coefficient (Wildman–Crippen LogP) is 3.30. The molecule has 0 saturated heterocycles. The third-order valence-corrected chi connectivity index (χ3v) is 3.02. The lowest BCUT2D eigenvalue weighted by Crippen LogP contribution is -2.23. The summed E-state index contributed by atoms with van der Waals surface area (Å²) in [4.78, 5) is 0. The molecule has 0 saturated carbocycles. The Balaban J connectivity index is 3.09. The fourth-order valence-corrected chi connectivity index (χ4v) is 1.96. The van der Waals surface area contributed by atoms with Crippen molar-refractivity contribution >= 4 is 11.8 Å². The lowest BCUT2D eigenvalue weighted by atomic mass is 10.3. The van der Waals surface area contributed by atoms with Gasteiger partial charge in [-0.25, -0.2) is 0 Å². The summed E-state index contributed by atoms with van der Waals surface area (Å²) < 4.78 is 0.436. The summed E-state index contributed by atoms with van der Waals surface area (Å²) in [6.07, 6.45) is 2.64. The fraction of sp³-hybridized carbons (Fsp3) is 1.00. The Hall–Kier alpha value is 0.310. The maximum atomic E-state index is 3.43. The van der Waals surface area contributed by atoms with Crippen LogP contribution in [0.15, 0.2) is 0 Å². The quantitative estimate of drug-likeness (QED) is 0.665. The van der Waals surface area contributed by atoms with Gasteiger partial charge in [0.2, 0.25) is 0 Å². The lowest BCUT2D eigenvalue weighted by molar-refractivity contribution is 0.567. The van der Waals surface area contributed by atoms with Gasteiger partial charge < -0.3 is 5.32 Å². The Morgan fingerprint density at radius 3 is 2.23 bits per heavy atom. The Morgan fingerprint density at radius 1 is 1.15 bits per heavy atom. The Kier molecular flexibility index (Phi) is 6.88. The molecule has 0 aromatic heterocycles. The van der Waals surface area contributed by atoms with Crippen molar-refractivity contribution in [3.63, 3.8) is 0 Å². The summed E-state index contributed by atoms with van der Waals surface area (Å²) in [6, 6.07) is 0.635. The van der Waals surface area contributed by atoms with Crippen LogP contribution < -0.4 is 5.32 Å². The van der Waals surface area contributed by atoms with Crippen LogP contribution in [0.4, 0.5) is 0 Å². The fourth-order valence-electron chi connectivity index (χ4n) is 0.996. The number of thioether (sulfide) groups is 1. The monoisotopic (exact) mass is 203 g/mol. The van der Waals surface area contributed by atoms with E-state index in [1.807, 2.05) is 0 Å². The molecule has 0 radical (unpaired) electrons. The topological polar surface area (TPSA) is 12.0 Å². The van der Waals surface area contributed by atoms with E-state index >= 15 is 0 Å². The van der Waals surface area contributed by atoms with Crippen LogP contribution in [-0.2, 0) is 0 Å². The van der Waals surface area contributed by atoms with Crippen molar-refractivity contribution in [1.82, 2.24) is 5.32 Å². The average Bonchev–Trinajstić information content (AvgIpc) is 1.93. The van der Waals surface area contributed by atoms with E-state index < -0.39 is 0 Å². The minimum Gasteiger partial charge on any atom is -0.315 e. The molecular weight excluding hydrogens is 178 g/mol. The van der Waals surface area contributed by atoms with Crippen LogP contribution in [0.5, 0.6) is 0 Å². The van der Waals surface area contributed by atoms with Gasteiger partial charge in [-0.1, -0.05) is 34.6 Å². The average molecular weight is 203 g/mol. The summed E-state index contributed by atoms with van der Waals surface area (Å²) in [7, 11) is 0. The predicted molar refractivity (Wildman–Crippen MR) is 64.6 cm³/mol. The van der Waals surface area contributed by atoms with Gasteiger partial charge in [0.1, 0.15) is 0 Å². The molecule has 0 atom stereocenters. The second-order valence-electron chi connectivity index (χ2n) is 4.78. The molecule has 0 amide bonds. The van der Waals surface area contributed by atoms with Crippen LogP contribution in [0.1, 0.15) is 47.5 Å². The minimum absolute atomic E-state index is 0.436. The highest BCUT2D eigenvalue weighted by Crippen LogP contribution is 2.23. The van der Waals surface area contributed by atoms with Crippen LogP contribution in [-0.4, -0.2) is 23.1 Å². The zero-order chi connectivity index (χ0) is 10.3. The van der Waals surface area contributed by atoms with Crippen molar-refractivity contribution in [1.29, 1.82) is 0 Å². The highest BCUT2D eigenvalue weighted by atomic mass is 32.2. The van der Waals surface area contributed by atoms with E-state index in [0.717, 1.165) is 0 Å². The van der Waals surface area contributed by atoms with E-state index in [9.17, 15) is 0 Å². The molecule has 0 unspecified atom stereocenters. The van der Waals surface area contributed by atoms with Gasteiger partial charge in [0, 0.05) is 10.8 Å². The maximum Gasteiger partial charge on any atom is 0.00750 e. The third kappa shape index (κ3) is 12.3. The number of nitrogens with one attached hydrogen (secondary N) is 1. The van der Waals surface area contributed by atoms with E-state index in [1.54, 1.807) is 0 Å². The zero-order valence-corrected chi connectivity index (χ0v) is 10.6. The number of hydrogen-bond donors (Lipinski definition) is 1. The standard InChI is InChI=1S/C11H25NS/c1-10(2)12-8-6-7-9-13-11(3,4)5/h10,12H,6-9H2,1-5H3. The first-order valence-electron chi connectivity index (χ1n) is 5.29. The molecule has 0 aliphatic heterocycles. The highest BCUT2D eigenvalue weighted by molar-refractivity contribution is 8.00. The summed E-state index contributed by atoms with van der Waals surface area (Å²) >= 11 is 2.06. The third-order valence-electron chi connectivity index (χ3n) is 1.66. The summed E-state index contributed by atoms with van der Waals surface area (Å²) in [5.41, 5.74) is 0. The Bertz CT molecular complexity index is 116. The molecule has 1 N–H and O–H groups in total. The van der Waals surface area contributed by atoms with Crippen molar-refractivity contribution in [2.45, 2.75) is 58.2 Å². The number of hydrogen-bond acceptors (Lipinski definition) is 2. The Morgan fingerprint density at radius 2 is 1.77 bits per heavy atom. The van der Waals surface area contributed by atoms with Crippen molar-refractivity contribution in [3.8, 4) is 0 Å². The van der Waals surface area contributed by atoms with Gasteiger partial charge in [-0.15, -0.1) is 0 Å². The molecule has 0 spiro atoms. The van der Waals surface area contributed by atoms with E-state index in [4.69, 9.17) is 0 Å². The van der Waals surface area contributed by atoms with Crippen LogP contribution in [0.2, 0.25) is 0 Å². The largest absolute Gasteiger partial charge is 0.315 e. The molecule has 0 heterocycles. The maximum absolute atomic E-state index is 3.43. The molecule has 1 nitrogen and oxygen atoms in total. The normalized spacial score (nSPS) is 12.5. The minimum atomic E-state index is 0.436. The van der Waals surface area contributed by atoms with Gasteiger partial charge in [0.15, 0.2) is 0 Å². The van der Waals surface area contributed by atoms with Gasteiger partial charge in [-0.2, -0.15) is 11.8 Å². The second kappa shape index (κ2) is 6.72. The molecule has 0 aromatic carbocycles. The zero-order valence-electron chi connectivity index (χ0n) is 9.81. The molecule has 0 fully saturated rings. The molecule has 80 valence electrons. The van der Waals surface area contributed by atoms with Gasteiger partial charge in [-0.05, 0) is 25.1 Å². The molecule has 13 heavy (non-hydrogen) atoms. The van der Waals surface area contributed by atoms with Gasteiger partial charge >= 0.3 is 0 Å². The molecular formula is C11H25NS. The SMILES string of the molecule is CC(C)NCCCCSC(C)(C)C. The molecule has 0 aliphatic rings. The van der Waals surface area contributed by atoms with Gasteiger partial charge in [-0.3, -0.25) is 0 Å². The lowest BCUT2D eigenvalue weighted by Gasteiger charge is -2.17. The second-order valence-corrected chi connectivity index (χ2v) is 6.70. The van der Waals surface area contributed by atoms with E-state index in [2.05, 4.69) is 51.7 Å². The highest BCUT2D eigenvalue weighted by Gasteiger charge is 2.08. The molecule has 2 heteroatoms. The molecule has 0 rings (SSSR count). The van der Waals surface area contributed by atoms with Crippen LogP contribution in [0.25, 0.3) is 0 Å². The van der Waals surface area contributed by atoms with Crippen molar-refractivity contribution in [2.24, 2.45) is 0 Å². The van der Waals surface area contributed by atoms with E-state index in [1.165, 1.54) is 25.1 Å². The van der Waals surface area contributed by atoms with E-state index in [-0.39, 0.29) is 0 Å². The first kappa shape index (κ1) is 13.3. The van der Waals surface area contributed by atoms with Gasteiger partial charge in [0.05, 0.1) is 0 Å². The van der Waals surface area contributed by atoms with Crippen LogP contribution in [0.3, 0.4) is 0 Å². The molecule has 0 aliphatic carbocycles. The summed E-state index contributed by atoms with van der Waals surface area (Å²) in [5.74, 6) is 1.29. The van der Waals surface area contributed by atoms with Crippen LogP contribution >= 0.6 is 11.8 Å². The molecule has 0 aromatic rings. The first-order valence-corrected chi connectivity index (χ1v) is 6.28.